The number of phenols is 1. The summed E-state index contributed by atoms with van der Waals surface area (Å²) in [6.07, 6.45) is 0. The zero-order valence-corrected chi connectivity index (χ0v) is 12.5. The number of rotatable bonds is 5. The summed E-state index contributed by atoms with van der Waals surface area (Å²) >= 11 is 0. The van der Waals surface area contributed by atoms with Crippen LogP contribution in [0.2, 0.25) is 0 Å². The lowest BCUT2D eigenvalue weighted by molar-refractivity contribution is 0.475. The number of benzene rings is 2. The molecule has 6 heteroatoms. The fourth-order valence-electron chi connectivity index (χ4n) is 2.13. The molecule has 112 valence electrons. The number of nitrogens with two attached hydrogens (primary N) is 1. The van der Waals surface area contributed by atoms with Gasteiger partial charge >= 0.3 is 0 Å². The molecule has 2 aromatic carbocycles. The second-order valence-electron chi connectivity index (χ2n) is 4.64. The van der Waals surface area contributed by atoms with Gasteiger partial charge in [-0.1, -0.05) is 24.3 Å². The number of nitrogen functional groups attached to an aromatic ring is 1. The van der Waals surface area contributed by atoms with E-state index in [1.165, 1.54) is 16.4 Å². The Labute approximate surface area is 124 Å². The lowest BCUT2D eigenvalue weighted by Gasteiger charge is -2.23. The smallest absolute Gasteiger partial charge is 0.239 e. The second-order valence-corrected chi connectivity index (χ2v) is 6.53. The monoisotopic (exact) mass is 306 g/mol. The largest absolute Gasteiger partial charge is 0.508 e. The summed E-state index contributed by atoms with van der Waals surface area (Å²) in [6, 6.07) is 13.1. The van der Waals surface area contributed by atoms with Crippen LogP contribution in [0, 0.1) is 0 Å². The molecule has 0 bridgehead atoms. The van der Waals surface area contributed by atoms with Crippen molar-refractivity contribution >= 4 is 21.4 Å². The molecule has 2 rings (SSSR count). The molecule has 0 radical (unpaired) electrons. The molecule has 0 heterocycles. The van der Waals surface area contributed by atoms with Crippen LogP contribution in [0.1, 0.15) is 12.5 Å². The molecular formula is C15H18N2O3S. The highest BCUT2D eigenvalue weighted by Crippen LogP contribution is 2.25. The van der Waals surface area contributed by atoms with Crippen molar-refractivity contribution in [2.45, 2.75) is 12.7 Å². The van der Waals surface area contributed by atoms with E-state index in [2.05, 4.69) is 0 Å². The molecule has 0 aromatic heterocycles. The van der Waals surface area contributed by atoms with Gasteiger partial charge < -0.3 is 10.8 Å². The van der Waals surface area contributed by atoms with Crippen LogP contribution in [-0.2, 0) is 15.8 Å². The lowest BCUT2D eigenvalue weighted by Crippen LogP contribution is -2.32. The van der Waals surface area contributed by atoms with Gasteiger partial charge in [0.2, 0.25) is 10.0 Å². The van der Waals surface area contributed by atoms with E-state index >= 15 is 0 Å². The number of sulfonamides is 1. The summed E-state index contributed by atoms with van der Waals surface area (Å²) in [6.45, 7) is 2.02. The van der Waals surface area contributed by atoms with E-state index in [9.17, 15) is 13.5 Å². The Morgan fingerprint density at radius 1 is 1.14 bits per heavy atom. The minimum Gasteiger partial charge on any atom is -0.508 e. The fourth-order valence-corrected chi connectivity index (χ4v) is 3.77. The maximum atomic E-state index is 12.6. The summed E-state index contributed by atoms with van der Waals surface area (Å²) in [5.74, 6) is -0.149. The summed E-state index contributed by atoms with van der Waals surface area (Å²) < 4.78 is 26.4. The van der Waals surface area contributed by atoms with Crippen molar-refractivity contribution in [3.05, 3.63) is 54.1 Å². The third kappa shape index (κ3) is 3.46. The minimum atomic E-state index is -3.58. The SMILES string of the molecule is CCN(c1cccc(O)c1)S(=O)(=O)Cc1ccccc1N. The van der Waals surface area contributed by atoms with Crippen LogP contribution < -0.4 is 10.0 Å². The average Bonchev–Trinajstić information content (AvgIpc) is 2.42. The highest BCUT2D eigenvalue weighted by molar-refractivity contribution is 7.92. The van der Waals surface area contributed by atoms with Crippen molar-refractivity contribution in [3.63, 3.8) is 0 Å². The molecule has 0 saturated heterocycles. The molecule has 5 nitrogen and oxygen atoms in total. The Hall–Kier alpha value is -2.21. The Morgan fingerprint density at radius 2 is 1.86 bits per heavy atom. The van der Waals surface area contributed by atoms with Crippen LogP contribution in [0.5, 0.6) is 5.75 Å². The van der Waals surface area contributed by atoms with Crippen LogP contribution in [0.3, 0.4) is 0 Å². The number of nitrogens with zero attached hydrogens (tertiary/aromatic N) is 1. The van der Waals surface area contributed by atoms with Crippen molar-refractivity contribution in [3.8, 4) is 5.75 Å². The van der Waals surface area contributed by atoms with Gasteiger partial charge in [-0.3, -0.25) is 4.31 Å². The number of hydrogen-bond acceptors (Lipinski definition) is 4. The first kappa shape index (κ1) is 15.2. The molecule has 0 unspecified atom stereocenters. The van der Waals surface area contributed by atoms with E-state index in [1.807, 2.05) is 0 Å². The molecule has 0 atom stereocenters. The zero-order valence-electron chi connectivity index (χ0n) is 11.7. The molecule has 0 fully saturated rings. The van der Waals surface area contributed by atoms with Gasteiger partial charge in [-0.25, -0.2) is 8.42 Å². The summed E-state index contributed by atoms with van der Waals surface area (Å²) in [4.78, 5) is 0. The predicted molar refractivity (Wildman–Crippen MR) is 84.6 cm³/mol. The summed E-state index contributed by atoms with van der Waals surface area (Å²) in [5, 5.41) is 9.52. The first-order chi connectivity index (χ1) is 9.94. The first-order valence-electron chi connectivity index (χ1n) is 6.57. The number of hydrogen-bond donors (Lipinski definition) is 2. The van der Waals surface area contributed by atoms with Crippen LogP contribution in [-0.4, -0.2) is 20.1 Å². The Kier molecular flexibility index (Phi) is 4.37. The van der Waals surface area contributed by atoms with Gasteiger partial charge in [-0.05, 0) is 30.7 Å². The molecule has 21 heavy (non-hydrogen) atoms. The van der Waals surface area contributed by atoms with Crippen LogP contribution in [0.4, 0.5) is 11.4 Å². The number of phenolic OH excluding ortho intramolecular Hbond substituents is 1. The summed E-state index contributed by atoms with van der Waals surface area (Å²) in [5.41, 5.74) is 7.26. The van der Waals surface area contributed by atoms with Crippen molar-refractivity contribution in [2.75, 3.05) is 16.6 Å². The van der Waals surface area contributed by atoms with E-state index in [0.29, 0.717) is 16.9 Å². The standard InChI is InChI=1S/C15H18N2O3S/c1-2-17(13-7-5-8-14(18)10-13)21(19,20)11-12-6-3-4-9-15(12)16/h3-10,18H,2,11,16H2,1H3. The van der Waals surface area contributed by atoms with Gasteiger partial charge in [0.05, 0.1) is 11.4 Å². The quantitative estimate of drug-likeness (QED) is 0.830. The third-order valence-corrected chi connectivity index (χ3v) is 4.95. The van der Waals surface area contributed by atoms with Gasteiger partial charge in [0.25, 0.3) is 0 Å². The number of aromatic hydroxyl groups is 1. The predicted octanol–water partition coefficient (Wildman–Crippen LogP) is 2.33. The van der Waals surface area contributed by atoms with Gasteiger partial charge in [0.15, 0.2) is 0 Å². The van der Waals surface area contributed by atoms with Crippen molar-refractivity contribution in [1.82, 2.24) is 0 Å². The lowest BCUT2D eigenvalue weighted by atomic mass is 10.2. The second kappa shape index (κ2) is 6.05. The number of para-hydroxylation sites is 1. The molecule has 0 spiro atoms. The number of anilines is 2. The van der Waals surface area contributed by atoms with E-state index < -0.39 is 10.0 Å². The van der Waals surface area contributed by atoms with Crippen LogP contribution in [0.15, 0.2) is 48.5 Å². The maximum absolute atomic E-state index is 12.6. The fraction of sp³-hybridized carbons (Fsp3) is 0.200. The highest BCUT2D eigenvalue weighted by atomic mass is 32.2. The molecule has 3 N–H and O–H groups in total. The molecule has 0 saturated carbocycles. The molecule has 0 aliphatic rings. The zero-order chi connectivity index (χ0) is 15.5. The van der Waals surface area contributed by atoms with Gasteiger partial charge in [0.1, 0.15) is 5.75 Å². The normalized spacial score (nSPS) is 11.3. The van der Waals surface area contributed by atoms with Crippen molar-refractivity contribution in [1.29, 1.82) is 0 Å². The molecule has 0 aliphatic heterocycles. The van der Waals surface area contributed by atoms with Gasteiger partial charge in [-0.2, -0.15) is 0 Å². The van der Waals surface area contributed by atoms with Crippen molar-refractivity contribution in [2.24, 2.45) is 0 Å². The van der Waals surface area contributed by atoms with E-state index in [0.717, 1.165) is 0 Å². The third-order valence-electron chi connectivity index (χ3n) is 3.13. The molecule has 2 aromatic rings. The first-order valence-corrected chi connectivity index (χ1v) is 8.18. The van der Waals surface area contributed by atoms with Gasteiger partial charge in [-0.15, -0.1) is 0 Å². The topological polar surface area (TPSA) is 83.6 Å². The molecular weight excluding hydrogens is 288 g/mol. The highest BCUT2D eigenvalue weighted by Gasteiger charge is 2.22. The average molecular weight is 306 g/mol. The molecule has 0 amide bonds. The van der Waals surface area contributed by atoms with Gasteiger partial charge in [0, 0.05) is 18.3 Å². The van der Waals surface area contributed by atoms with E-state index in [4.69, 9.17) is 5.73 Å². The minimum absolute atomic E-state index is 0.0281. The Bertz CT molecular complexity index is 729. The summed E-state index contributed by atoms with van der Waals surface area (Å²) in [7, 11) is -3.58. The van der Waals surface area contributed by atoms with E-state index in [1.54, 1.807) is 43.3 Å². The van der Waals surface area contributed by atoms with Crippen LogP contribution >= 0.6 is 0 Å². The maximum Gasteiger partial charge on any atom is 0.239 e. The Balaban J connectivity index is 2.35. The van der Waals surface area contributed by atoms with Crippen molar-refractivity contribution < 1.29 is 13.5 Å². The van der Waals surface area contributed by atoms with Crippen LogP contribution in [0.25, 0.3) is 0 Å². The van der Waals surface area contributed by atoms with E-state index in [-0.39, 0.29) is 18.0 Å². The molecule has 0 aliphatic carbocycles. The Morgan fingerprint density at radius 3 is 2.48 bits per heavy atom.